The van der Waals surface area contributed by atoms with Crippen molar-refractivity contribution < 1.29 is 27.7 Å². The number of hydrogen-bond acceptors (Lipinski definition) is 8. The summed E-state index contributed by atoms with van der Waals surface area (Å²) in [5, 5.41) is 1.90. The standard InChI is InChI=1S/C38H23F2N5O4/c39-34-10-3-12-36(43-34)48-26-8-1-6-24(20-26)46-28-14-16-30-31-17-15-29(23-33(31)45(32(30)22-28)38-41-18-5-19-42-38)47-25-7-2-9-27(21-25)49-37-13-4-11-35(40)44-37/h1-23H. The molecule has 49 heavy (non-hydrogen) atoms. The Morgan fingerprint density at radius 2 is 0.857 bits per heavy atom. The lowest BCUT2D eigenvalue weighted by Gasteiger charge is -2.10. The largest absolute Gasteiger partial charge is 0.457 e. The molecule has 0 aliphatic carbocycles. The maximum Gasteiger partial charge on any atom is 0.234 e. The average molecular weight is 652 g/mol. The second-order valence-electron chi connectivity index (χ2n) is 10.7. The van der Waals surface area contributed by atoms with Crippen LogP contribution in [0.2, 0.25) is 0 Å². The highest BCUT2D eigenvalue weighted by Gasteiger charge is 2.17. The van der Waals surface area contributed by atoms with E-state index in [-0.39, 0.29) is 11.8 Å². The number of benzene rings is 4. The van der Waals surface area contributed by atoms with Gasteiger partial charge in [0.05, 0.1) is 11.0 Å². The number of pyridine rings is 2. The molecule has 0 unspecified atom stereocenters. The van der Waals surface area contributed by atoms with Crippen LogP contribution in [-0.4, -0.2) is 24.5 Å². The van der Waals surface area contributed by atoms with Gasteiger partial charge in [-0.05, 0) is 66.7 Å². The summed E-state index contributed by atoms with van der Waals surface area (Å²) in [6.07, 6.45) is 3.36. The molecule has 0 amide bonds. The lowest BCUT2D eigenvalue weighted by Crippen LogP contribution is -2.00. The number of rotatable bonds is 9. The van der Waals surface area contributed by atoms with Gasteiger partial charge in [-0.2, -0.15) is 18.7 Å². The fourth-order valence-corrected chi connectivity index (χ4v) is 5.34. The monoisotopic (exact) mass is 651 g/mol. The van der Waals surface area contributed by atoms with Gasteiger partial charge in [0.15, 0.2) is 0 Å². The van der Waals surface area contributed by atoms with Crippen molar-refractivity contribution in [3.8, 4) is 52.2 Å². The molecule has 8 rings (SSSR count). The van der Waals surface area contributed by atoms with E-state index in [4.69, 9.17) is 18.9 Å². The van der Waals surface area contributed by atoms with E-state index < -0.39 is 11.9 Å². The molecule has 0 aliphatic heterocycles. The number of halogens is 2. The molecule has 0 saturated carbocycles. The van der Waals surface area contributed by atoms with E-state index in [1.807, 2.05) is 41.0 Å². The Balaban J connectivity index is 1.12. The van der Waals surface area contributed by atoms with Crippen LogP contribution in [0, 0.1) is 11.9 Å². The minimum Gasteiger partial charge on any atom is -0.457 e. The van der Waals surface area contributed by atoms with Crippen molar-refractivity contribution in [1.29, 1.82) is 0 Å². The van der Waals surface area contributed by atoms with Crippen molar-refractivity contribution >= 4 is 21.8 Å². The van der Waals surface area contributed by atoms with Crippen LogP contribution in [0.15, 0.2) is 140 Å². The van der Waals surface area contributed by atoms with Gasteiger partial charge in [-0.15, -0.1) is 0 Å². The highest BCUT2D eigenvalue weighted by Crippen LogP contribution is 2.38. The molecule has 4 aromatic heterocycles. The van der Waals surface area contributed by atoms with Crippen molar-refractivity contribution in [2.45, 2.75) is 0 Å². The van der Waals surface area contributed by atoms with Crippen LogP contribution < -0.4 is 18.9 Å². The maximum atomic E-state index is 13.6. The van der Waals surface area contributed by atoms with E-state index in [0.29, 0.717) is 40.4 Å². The fourth-order valence-electron chi connectivity index (χ4n) is 5.34. The molecule has 0 N–H and O–H groups in total. The van der Waals surface area contributed by atoms with Crippen LogP contribution in [0.1, 0.15) is 0 Å². The van der Waals surface area contributed by atoms with Crippen LogP contribution in [0.25, 0.3) is 27.8 Å². The number of nitrogens with zero attached hydrogens (tertiary/aromatic N) is 5. The van der Waals surface area contributed by atoms with E-state index >= 15 is 0 Å². The molecule has 0 saturated heterocycles. The first-order chi connectivity index (χ1) is 24.0. The summed E-state index contributed by atoms with van der Waals surface area (Å²) < 4.78 is 53.0. The maximum absolute atomic E-state index is 13.6. The van der Waals surface area contributed by atoms with Crippen molar-refractivity contribution in [2.75, 3.05) is 0 Å². The third-order valence-electron chi connectivity index (χ3n) is 7.37. The molecule has 0 aliphatic rings. The van der Waals surface area contributed by atoms with Crippen LogP contribution in [0.3, 0.4) is 0 Å². The molecule has 11 heteroatoms. The van der Waals surface area contributed by atoms with Crippen molar-refractivity contribution in [3.05, 3.63) is 152 Å². The molecule has 0 bridgehead atoms. The molecule has 0 radical (unpaired) electrons. The second-order valence-corrected chi connectivity index (χ2v) is 10.7. The highest BCUT2D eigenvalue weighted by molar-refractivity contribution is 6.09. The summed E-state index contributed by atoms with van der Waals surface area (Å²) in [6.45, 7) is 0. The summed E-state index contributed by atoms with van der Waals surface area (Å²) in [5.41, 5.74) is 1.62. The van der Waals surface area contributed by atoms with E-state index in [1.165, 1.54) is 24.3 Å². The Morgan fingerprint density at radius 3 is 1.33 bits per heavy atom. The minimum atomic E-state index is -0.631. The Hall–Kier alpha value is -6.88. The smallest absolute Gasteiger partial charge is 0.234 e. The van der Waals surface area contributed by atoms with Gasteiger partial charge in [0.1, 0.15) is 34.5 Å². The van der Waals surface area contributed by atoms with Gasteiger partial charge >= 0.3 is 0 Å². The zero-order valence-corrected chi connectivity index (χ0v) is 25.4. The summed E-state index contributed by atoms with van der Waals surface area (Å²) in [7, 11) is 0. The predicted octanol–water partition coefficient (Wildman–Crippen LogP) is 9.81. The molecular formula is C38H23F2N5O4. The predicted molar refractivity (Wildman–Crippen MR) is 178 cm³/mol. The first kappa shape index (κ1) is 29.5. The van der Waals surface area contributed by atoms with Gasteiger partial charge in [0.25, 0.3) is 0 Å². The third kappa shape index (κ3) is 6.41. The number of aromatic nitrogens is 5. The Labute approximate surface area is 277 Å². The SMILES string of the molecule is Fc1cccc(Oc2cccc(Oc3ccc4c5ccc(Oc6cccc(Oc7cccc(F)n7)c6)cc5n(-c5ncccn5)c4c3)c2)n1. The van der Waals surface area contributed by atoms with E-state index in [0.717, 1.165) is 21.8 Å². The van der Waals surface area contributed by atoms with Gasteiger partial charge in [-0.1, -0.05) is 24.3 Å². The summed E-state index contributed by atoms with van der Waals surface area (Å²) >= 11 is 0. The lowest BCUT2D eigenvalue weighted by molar-refractivity contribution is 0.436. The highest BCUT2D eigenvalue weighted by atomic mass is 19.1. The van der Waals surface area contributed by atoms with Gasteiger partial charge in [-0.25, -0.2) is 9.97 Å². The Bertz CT molecular complexity index is 2310. The fraction of sp³-hybridized carbons (Fsp3) is 0. The number of fused-ring (bicyclic) bond motifs is 3. The zero-order chi connectivity index (χ0) is 33.2. The van der Waals surface area contributed by atoms with Gasteiger partial charge in [0, 0.05) is 59.6 Å². The lowest BCUT2D eigenvalue weighted by atomic mass is 10.1. The van der Waals surface area contributed by atoms with Crippen LogP contribution >= 0.6 is 0 Å². The third-order valence-corrected chi connectivity index (χ3v) is 7.37. The molecule has 4 heterocycles. The molecule has 8 aromatic rings. The topological polar surface area (TPSA) is 93.4 Å². The quantitative estimate of drug-likeness (QED) is 0.142. The van der Waals surface area contributed by atoms with Gasteiger partial charge in [-0.3, -0.25) is 4.57 Å². The first-order valence-electron chi connectivity index (χ1n) is 15.1. The molecule has 238 valence electrons. The van der Waals surface area contributed by atoms with E-state index in [2.05, 4.69) is 19.9 Å². The van der Waals surface area contributed by atoms with Crippen LogP contribution in [-0.2, 0) is 0 Å². The van der Waals surface area contributed by atoms with E-state index in [1.54, 1.807) is 79.1 Å². The summed E-state index contributed by atoms with van der Waals surface area (Å²) in [5.74, 6) is 2.52. The van der Waals surface area contributed by atoms with Crippen LogP contribution in [0.4, 0.5) is 8.78 Å². The van der Waals surface area contributed by atoms with Crippen molar-refractivity contribution in [1.82, 2.24) is 24.5 Å². The van der Waals surface area contributed by atoms with Crippen molar-refractivity contribution in [3.63, 3.8) is 0 Å². The molecule has 0 atom stereocenters. The Morgan fingerprint density at radius 1 is 0.429 bits per heavy atom. The molecule has 9 nitrogen and oxygen atoms in total. The summed E-state index contributed by atoms with van der Waals surface area (Å²) in [4.78, 5) is 16.6. The minimum absolute atomic E-state index is 0.136. The molecule has 4 aromatic carbocycles. The molecular weight excluding hydrogens is 628 g/mol. The normalized spacial score (nSPS) is 11.1. The summed E-state index contributed by atoms with van der Waals surface area (Å²) in [6, 6.07) is 36.0. The van der Waals surface area contributed by atoms with Gasteiger partial charge in [0.2, 0.25) is 29.6 Å². The zero-order valence-electron chi connectivity index (χ0n) is 25.4. The number of ether oxygens (including phenoxy) is 4. The molecule has 0 spiro atoms. The second kappa shape index (κ2) is 12.7. The van der Waals surface area contributed by atoms with Gasteiger partial charge < -0.3 is 18.9 Å². The van der Waals surface area contributed by atoms with E-state index in [9.17, 15) is 8.78 Å². The molecule has 0 fully saturated rings. The number of hydrogen-bond donors (Lipinski definition) is 0. The van der Waals surface area contributed by atoms with Crippen molar-refractivity contribution in [2.24, 2.45) is 0 Å². The van der Waals surface area contributed by atoms with Crippen LogP contribution in [0.5, 0.6) is 46.3 Å². The first-order valence-corrected chi connectivity index (χ1v) is 15.1. The Kier molecular flexibility index (Phi) is 7.67. The average Bonchev–Trinajstić information content (AvgIpc) is 3.42.